The second kappa shape index (κ2) is 10.1. The van der Waals surface area contributed by atoms with E-state index in [1.165, 1.54) is 22.3 Å². The van der Waals surface area contributed by atoms with E-state index in [1.54, 1.807) is 0 Å². The summed E-state index contributed by atoms with van der Waals surface area (Å²) in [6.45, 7) is 8.44. The van der Waals surface area contributed by atoms with Crippen molar-refractivity contribution in [3.8, 4) is 0 Å². The van der Waals surface area contributed by atoms with Crippen molar-refractivity contribution in [3.63, 3.8) is 0 Å². The van der Waals surface area contributed by atoms with Crippen LogP contribution in [-0.2, 0) is 6.42 Å². The van der Waals surface area contributed by atoms with Crippen LogP contribution in [0.25, 0.3) is 0 Å². The van der Waals surface area contributed by atoms with Crippen molar-refractivity contribution in [2.75, 3.05) is 9.80 Å². The number of hydrogen-bond donors (Lipinski definition) is 1. The van der Waals surface area contributed by atoms with Crippen LogP contribution in [0, 0.1) is 20.8 Å². The van der Waals surface area contributed by atoms with Gasteiger partial charge in [0, 0.05) is 22.7 Å². The number of benzene rings is 4. The van der Waals surface area contributed by atoms with E-state index in [2.05, 4.69) is 145 Å². The van der Waals surface area contributed by atoms with Crippen LogP contribution in [0.3, 0.4) is 0 Å². The number of nitrogens with zero attached hydrogens (tertiary/aromatic N) is 4. The van der Waals surface area contributed by atoms with Gasteiger partial charge in [-0.2, -0.15) is 4.98 Å². The molecule has 0 amide bonds. The fourth-order valence-corrected chi connectivity index (χ4v) is 4.18. The predicted octanol–water partition coefficient (Wildman–Crippen LogP) is 8.23. The third-order valence-corrected chi connectivity index (χ3v) is 6.35. The Balaban J connectivity index is 1.60. The summed E-state index contributed by atoms with van der Waals surface area (Å²) in [6, 6.07) is 33.9. The minimum Gasteiger partial charge on any atom is -0.280 e. The molecular formula is C31H31N5. The summed E-state index contributed by atoms with van der Waals surface area (Å²) in [5.41, 5.74) is 8.97. The Bertz CT molecular complexity index is 1370. The van der Waals surface area contributed by atoms with Crippen LogP contribution in [0.15, 0.2) is 97.1 Å². The standard InChI is InChI=1S/C31H31N5/c1-5-25-12-20-29(21-13-25)36(28-18-10-24(4)11-19-28)31-32-30(33-34-31)35(26-14-6-22(2)7-15-26)27-16-8-23(3)9-17-27/h6-21H,5H2,1-4H3,(H,32,33,34). The summed E-state index contributed by atoms with van der Waals surface area (Å²) < 4.78 is 0. The molecule has 0 aliphatic heterocycles. The molecule has 0 fully saturated rings. The second-order valence-corrected chi connectivity index (χ2v) is 9.16. The Labute approximate surface area is 213 Å². The maximum absolute atomic E-state index is 5.01. The Morgan fingerprint density at radius 2 is 0.944 bits per heavy atom. The van der Waals surface area contributed by atoms with Crippen molar-refractivity contribution in [1.82, 2.24) is 15.2 Å². The van der Waals surface area contributed by atoms with E-state index in [0.29, 0.717) is 11.9 Å². The van der Waals surface area contributed by atoms with Crippen molar-refractivity contribution in [3.05, 3.63) is 119 Å². The van der Waals surface area contributed by atoms with Crippen LogP contribution in [0.1, 0.15) is 29.2 Å². The fourth-order valence-electron chi connectivity index (χ4n) is 4.18. The van der Waals surface area contributed by atoms with Gasteiger partial charge in [-0.1, -0.05) is 72.1 Å². The van der Waals surface area contributed by atoms with Gasteiger partial charge in [-0.05, 0) is 81.3 Å². The van der Waals surface area contributed by atoms with Gasteiger partial charge in [-0.25, -0.2) is 5.10 Å². The van der Waals surface area contributed by atoms with Crippen molar-refractivity contribution < 1.29 is 0 Å². The molecule has 0 aliphatic carbocycles. The number of aromatic amines is 1. The van der Waals surface area contributed by atoms with Crippen molar-refractivity contribution >= 4 is 34.6 Å². The first-order valence-electron chi connectivity index (χ1n) is 12.3. The van der Waals surface area contributed by atoms with E-state index in [0.717, 1.165) is 29.2 Å². The molecule has 5 rings (SSSR count). The Hall–Kier alpha value is -4.38. The number of anilines is 6. The molecule has 0 saturated carbocycles. The molecular weight excluding hydrogens is 442 g/mol. The monoisotopic (exact) mass is 473 g/mol. The Morgan fingerprint density at radius 3 is 1.36 bits per heavy atom. The lowest BCUT2D eigenvalue weighted by atomic mass is 10.1. The van der Waals surface area contributed by atoms with Gasteiger partial charge in [0.15, 0.2) is 0 Å². The minimum absolute atomic E-state index is 0.583. The zero-order chi connectivity index (χ0) is 25.1. The van der Waals surface area contributed by atoms with Crippen molar-refractivity contribution in [1.29, 1.82) is 0 Å². The summed E-state index contributed by atoms with van der Waals surface area (Å²) in [5.74, 6) is 1.24. The van der Waals surface area contributed by atoms with E-state index in [4.69, 9.17) is 4.98 Å². The lowest BCUT2D eigenvalue weighted by Crippen LogP contribution is -2.13. The van der Waals surface area contributed by atoms with Crippen LogP contribution in [0.4, 0.5) is 34.6 Å². The third-order valence-electron chi connectivity index (χ3n) is 6.35. The third kappa shape index (κ3) is 4.86. The summed E-state index contributed by atoms with van der Waals surface area (Å²) in [7, 11) is 0. The highest BCUT2D eigenvalue weighted by atomic mass is 15.4. The molecule has 0 radical (unpaired) electrons. The number of hydrogen-bond acceptors (Lipinski definition) is 4. The first-order chi connectivity index (χ1) is 17.5. The highest BCUT2D eigenvalue weighted by molar-refractivity contribution is 5.76. The highest BCUT2D eigenvalue weighted by Gasteiger charge is 2.21. The Kier molecular flexibility index (Phi) is 6.54. The molecule has 0 aliphatic rings. The van der Waals surface area contributed by atoms with Crippen LogP contribution >= 0.6 is 0 Å². The lowest BCUT2D eigenvalue weighted by Gasteiger charge is -2.23. The SMILES string of the molecule is CCc1ccc(N(c2ccc(C)cc2)c2nc(N(c3ccc(C)cc3)c3ccc(C)cc3)n[nH]2)cc1. The second-order valence-electron chi connectivity index (χ2n) is 9.16. The largest absolute Gasteiger partial charge is 0.280 e. The van der Waals surface area contributed by atoms with Crippen LogP contribution in [-0.4, -0.2) is 15.2 Å². The number of aromatic nitrogens is 3. The number of H-pyrrole nitrogens is 1. The highest BCUT2D eigenvalue weighted by Crippen LogP contribution is 2.37. The molecule has 180 valence electrons. The van der Waals surface area contributed by atoms with Gasteiger partial charge < -0.3 is 0 Å². The maximum Gasteiger partial charge on any atom is 0.255 e. The number of nitrogens with one attached hydrogen (secondary N) is 1. The molecule has 5 aromatic rings. The molecule has 0 unspecified atom stereocenters. The average molecular weight is 474 g/mol. The van der Waals surface area contributed by atoms with E-state index < -0.39 is 0 Å². The van der Waals surface area contributed by atoms with Gasteiger partial charge in [0.1, 0.15) is 0 Å². The summed E-state index contributed by atoms with van der Waals surface area (Å²) in [5, 5.41) is 7.90. The minimum atomic E-state index is 0.583. The molecule has 0 bridgehead atoms. The summed E-state index contributed by atoms with van der Waals surface area (Å²) in [4.78, 5) is 9.20. The van der Waals surface area contributed by atoms with Crippen molar-refractivity contribution in [2.24, 2.45) is 0 Å². The van der Waals surface area contributed by atoms with Crippen LogP contribution < -0.4 is 9.80 Å². The zero-order valence-corrected chi connectivity index (χ0v) is 21.2. The van der Waals surface area contributed by atoms with Gasteiger partial charge in [-0.3, -0.25) is 9.80 Å². The molecule has 0 spiro atoms. The quantitative estimate of drug-likeness (QED) is 0.259. The zero-order valence-electron chi connectivity index (χ0n) is 21.2. The maximum atomic E-state index is 5.01. The normalized spacial score (nSPS) is 10.9. The molecule has 1 heterocycles. The van der Waals surface area contributed by atoms with Gasteiger partial charge in [0.2, 0.25) is 5.95 Å². The predicted molar refractivity (Wildman–Crippen MR) is 149 cm³/mol. The first-order valence-corrected chi connectivity index (χ1v) is 12.3. The molecule has 0 saturated heterocycles. The van der Waals surface area contributed by atoms with Gasteiger partial charge in [0.25, 0.3) is 5.95 Å². The molecule has 5 nitrogen and oxygen atoms in total. The average Bonchev–Trinajstić information content (AvgIpc) is 3.37. The number of aryl methyl sites for hydroxylation is 4. The lowest BCUT2D eigenvalue weighted by molar-refractivity contribution is 1.04. The molecule has 4 aromatic carbocycles. The molecule has 0 atom stereocenters. The van der Waals surface area contributed by atoms with Crippen LogP contribution in [0.2, 0.25) is 0 Å². The molecule has 5 heteroatoms. The topological polar surface area (TPSA) is 48.1 Å². The van der Waals surface area contributed by atoms with E-state index in [-0.39, 0.29) is 0 Å². The van der Waals surface area contributed by atoms with Gasteiger partial charge in [0.05, 0.1) is 0 Å². The summed E-state index contributed by atoms with van der Waals surface area (Å²) in [6.07, 6.45) is 0.999. The van der Waals surface area contributed by atoms with E-state index >= 15 is 0 Å². The van der Waals surface area contributed by atoms with Gasteiger partial charge >= 0.3 is 0 Å². The van der Waals surface area contributed by atoms with Crippen LogP contribution in [0.5, 0.6) is 0 Å². The van der Waals surface area contributed by atoms with Crippen molar-refractivity contribution in [2.45, 2.75) is 34.1 Å². The van der Waals surface area contributed by atoms with E-state index in [1.807, 2.05) is 0 Å². The molecule has 36 heavy (non-hydrogen) atoms. The Morgan fingerprint density at radius 1 is 0.556 bits per heavy atom. The first kappa shape index (κ1) is 23.4. The summed E-state index contributed by atoms with van der Waals surface area (Å²) >= 11 is 0. The molecule has 1 aromatic heterocycles. The fraction of sp³-hybridized carbons (Fsp3) is 0.161. The number of rotatable bonds is 7. The molecule has 1 N–H and O–H groups in total. The van der Waals surface area contributed by atoms with Gasteiger partial charge in [-0.15, -0.1) is 5.10 Å². The van der Waals surface area contributed by atoms with E-state index in [9.17, 15) is 0 Å². The smallest absolute Gasteiger partial charge is 0.255 e.